The Kier molecular flexibility index (Phi) is 6.94. The number of ether oxygens (including phenoxy) is 2. The van der Waals surface area contributed by atoms with Gasteiger partial charge in [-0.1, -0.05) is 17.8 Å². The average Bonchev–Trinajstić information content (AvgIpc) is 3.32. The van der Waals surface area contributed by atoms with Gasteiger partial charge in [-0.25, -0.2) is 0 Å². The van der Waals surface area contributed by atoms with Crippen LogP contribution in [0.5, 0.6) is 11.5 Å². The molecule has 3 aromatic rings. The summed E-state index contributed by atoms with van der Waals surface area (Å²) < 4.78 is 13.3. The van der Waals surface area contributed by atoms with Crippen LogP contribution in [0.1, 0.15) is 46.9 Å². The Morgan fingerprint density at radius 3 is 2.84 bits per heavy atom. The molecule has 31 heavy (non-hydrogen) atoms. The lowest BCUT2D eigenvalue weighted by Gasteiger charge is -2.15. The van der Waals surface area contributed by atoms with E-state index in [4.69, 9.17) is 9.47 Å². The third-order valence-corrected chi connectivity index (χ3v) is 6.93. The largest absolute Gasteiger partial charge is 0.493 e. The van der Waals surface area contributed by atoms with Gasteiger partial charge >= 0.3 is 0 Å². The molecule has 164 valence electrons. The number of ketones is 1. The molecule has 2 heterocycles. The maximum Gasteiger partial charge on any atom is 0.191 e. The Labute approximate surface area is 189 Å². The molecule has 1 fully saturated rings. The first-order valence-corrected chi connectivity index (χ1v) is 12.0. The molecule has 0 bridgehead atoms. The van der Waals surface area contributed by atoms with Crippen molar-refractivity contribution in [2.45, 2.75) is 43.5 Å². The van der Waals surface area contributed by atoms with Crippen LogP contribution in [0, 0.1) is 0 Å². The van der Waals surface area contributed by atoms with Crippen molar-refractivity contribution >= 4 is 28.9 Å². The second kappa shape index (κ2) is 9.84. The molecule has 1 aromatic carbocycles. The predicted molar refractivity (Wildman–Crippen MR) is 121 cm³/mol. The minimum absolute atomic E-state index is 0.0421. The fourth-order valence-electron chi connectivity index (χ4n) is 3.21. The van der Waals surface area contributed by atoms with Gasteiger partial charge in [0.1, 0.15) is 12.4 Å². The molecule has 1 atom stereocenters. The smallest absolute Gasteiger partial charge is 0.191 e. The van der Waals surface area contributed by atoms with Crippen LogP contribution in [0.25, 0.3) is 0 Å². The Hall–Kier alpha value is -2.36. The molecule has 1 unspecified atom stereocenters. The van der Waals surface area contributed by atoms with Crippen LogP contribution in [0.3, 0.4) is 0 Å². The number of nitrogens with zero attached hydrogens (tertiary/aromatic N) is 3. The molecule has 0 saturated heterocycles. The highest BCUT2D eigenvalue weighted by Crippen LogP contribution is 2.39. The number of carbonyl (C=O) groups excluding carboxylic acids is 1. The Bertz CT molecular complexity index is 1030. The van der Waals surface area contributed by atoms with Gasteiger partial charge in [-0.2, -0.15) is 0 Å². The topological polar surface area (TPSA) is 86.5 Å². The first-order valence-electron chi connectivity index (χ1n) is 10.1. The monoisotopic (exact) mass is 459 g/mol. The summed E-state index contributed by atoms with van der Waals surface area (Å²) in [6, 6.07) is 9.65. The predicted octanol–water partition coefficient (Wildman–Crippen LogP) is 4.01. The van der Waals surface area contributed by atoms with Gasteiger partial charge in [-0.05, 0) is 49.4 Å². The highest BCUT2D eigenvalue weighted by Gasteiger charge is 2.30. The lowest BCUT2D eigenvalue weighted by Crippen LogP contribution is -2.20. The molecule has 4 rings (SSSR count). The summed E-state index contributed by atoms with van der Waals surface area (Å²) in [4.78, 5) is 12.8. The maximum absolute atomic E-state index is 11.5. The first-order chi connectivity index (χ1) is 15.0. The van der Waals surface area contributed by atoms with Crippen LogP contribution in [0.2, 0.25) is 0 Å². The Balaban J connectivity index is 1.34. The fraction of sp³-hybridized carbons (Fsp3) is 0.409. The van der Waals surface area contributed by atoms with Crippen molar-refractivity contribution in [2.75, 3.05) is 19.5 Å². The van der Waals surface area contributed by atoms with Crippen LogP contribution < -0.4 is 9.47 Å². The molecular formula is C22H25N3O4S2. The number of aliphatic hydroxyl groups excluding tert-OH is 1. The van der Waals surface area contributed by atoms with Gasteiger partial charge in [-0.3, -0.25) is 4.79 Å². The number of hydrogen-bond donors (Lipinski definition) is 1. The number of methoxy groups -OCH3 is 1. The van der Waals surface area contributed by atoms with Crippen LogP contribution in [0.15, 0.2) is 40.9 Å². The summed E-state index contributed by atoms with van der Waals surface area (Å²) in [7, 11) is 1.52. The highest BCUT2D eigenvalue weighted by molar-refractivity contribution is 7.99. The van der Waals surface area contributed by atoms with Gasteiger partial charge in [0.15, 0.2) is 22.4 Å². The molecule has 0 aliphatic heterocycles. The third-order valence-electron chi connectivity index (χ3n) is 4.97. The lowest BCUT2D eigenvalue weighted by molar-refractivity contribution is 0.101. The molecule has 1 aliphatic rings. The molecule has 1 saturated carbocycles. The number of thioether (sulfide) groups is 1. The van der Waals surface area contributed by atoms with Crippen molar-refractivity contribution in [3.8, 4) is 11.5 Å². The molecule has 0 radical (unpaired) electrons. The molecule has 0 amide bonds. The zero-order chi connectivity index (χ0) is 21.8. The number of aromatic nitrogens is 3. The standard InChI is InChI=1S/C22H25N3O4S2/c1-14(26)15-5-8-19(20(10-15)28-2)29-12-17(27)13-31-22-24-23-21(25(22)16-6-7-16)11-18-4-3-9-30-18/h3-5,8-10,16-17,27H,6-7,11-13H2,1-2H3. The molecule has 2 aromatic heterocycles. The van der Waals surface area contributed by atoms with Crippen molar-refractivity contribution in [3.05, 3.63) is 52.0 Å². The lowest BCUT2D eigenvalue weighted by atomic mass is 10.1. The summed E-state index contributed by atoms with van der Waals surface area (Å²) in [5.74, 6) is 2.35. The van der Waals surface area contributed by atoms with Gasteiger partial charge in [-0.15, -0.1) is 21.5 Å². The quantitative estimate of drug-likeness (QED) is 0.342. The number of Topliss-reactive ketones (excluding diaryl/α,β-unsaturated/α-hetero) is 1. The highest BCUT2D eigenvalue weighted by atomic mass is 32.2. The fourth-order valence-corrected chi connectivity index (χ4v) is 4.84. The second-order valence-corrected chi connectivity index (χ2v) is 9.47. The minimum Gasteiger partial charge on any atom is -0.493 e. The van der Waals surface area contributed by atoms with Gasteiger partial charge in [0.05, 0.1) is 13.2 Å². The van der Waals surface area contributed by atoms with Crippen molar-refractivity contribution in [1.82, 2.24) is 14.8 Å². The van der Waals surface area contributed by atoms with Crippen molar-refractivity contribution < 1.29 is 19.4 Å². The van der Waals surface area contributed by atoms with Crippen molar-refractivity contribution in [3.63, 3.8) is 0 Å². The number of carbonyl (C=O) groups is 1. The number of thiophene rings is 1. The first kappa shape index (κ1) is 21.9. The van der Waals surface area contributed by atoms with E-state index in [1.165, 1.54) is 30.7 Å². The normalized spacial score (nSPS) is 14.4. The van der Waals surface area contributed by atoms with Gasteiger partial charge in [0.2, 0.25) is 0 Å². The van der Waals surface area contributed by atoms with Gasteiger partial charge < -0.3 is 19.1 Å². The summed E-state index contributed by atoms with van der Waals surface area (Å²) in [5, 5.41) is 22.1. The summed E-state index contributed by atoms with van der Waals surface area (Å²) in [5.41, 5.74) is 0.554. The molecular weight excluding hydrogens is 434 g/mol. The Morgan fingerprint density at radius 1 is 1.32 bits per heavy atom. The summed E-state index contributed by atoms with van der Waals surface area (Å²) in [6.45, 7) is 1.62. The van der Waals surface area contributed by atoms with E-state index >= 15 is 0 Å². The SMILES string of the molecule is COc1cc(C(C)=O)ccc1OCC(O)CSc1nnc(Cc2cccs2)n1C1CC1. The van der Waals surface area contributed by atoms with Crippen molar-refractivity contribution in [1.29, 1.82) is 0 Å². The molecule has 7 nitrogen and oxygen atoms in total. The van der Waals surface area contributed by atoms with E-state index in [2.05, 4.69) is 26.2 Å². The van der Waals surface area contributed by atoms with E-state index in [0.29, 0.717) is 28.9 Å². The minimum atomic E-state index is -0.688. The van der Waals surface area contributed by atoms with E-state index in [0.717, 1.165) is 30.2 Å². The van der Waals surface area contributed by atoms with E-state index in [-0.39, 0.29) is 12.4 Å². The Morgan fingerprint density at radius 2 is 2.16 bits per heavy atom. The molecule has 9 heteroatoms. The van der Waals surface area contributed by atoms with Crippen LogP contribution in [-0.2, 0) is 6.42 Å². The van der Waals surface area contributed by atoms with Crippen LogP contribution >= 0.6 is 23.1 Å². The number of hydrogen-bond acceptors (Lipinski definition) is 8. The molecule has 1 N–H and O–H groups in total. The molecule has 0 spiro atoms. The molecule has 1 aliphatic carbocycles. The van der Waals surface area contributed by atoms with E-state index < -0.39 is 6.10 Å². The third kappa shape index (κ3) is 5.47. The van der Waals surface area contributed by atoms with E-state index in [1.807, 2.05) is 6.07 Å². The number of aliphatic hydroxyl groups is 1. The van der Waals surface area contributed by atoms with E-state index in [1.54, 1.807) is 29.5 Å². The summed E-state index contributed by atoms with van der Waals surface area (Å²) in [6.07, 6.45) is 2.38. The summed E-state index contributed by atoms with van der Waals surface area (Å²) >= 11 is 3.22. The van der Waals surface area contributed by atoms with Crippen molar-refractivity contribution in [2.24, 2.45) is 0 Å². The second-order valence-electron chi connectivity index (χ2n) is 7.45. The van der Waals surface area contributed by atoms with Gasteiger partial charge in [0, 0.05) is 28.7 Å². The zero-order valence-electron chi connectivity index (χ0n) is 17.5. The van der Waals surface area contributed by atoms with Gasteiger partial charge in [0.25, 0.3) is 0 Å². The maximum atomic E-state index is 11.5. The average molecular weight is 460 g/mol. The number of benzene rings is 1. The zero-order valence-corrected chi connectivity index (χ0v) is 19.1. The van der Waals surface area contributed by atoms with E-state index in [9.17, 15) is 9.90 Å². The van der Waals surface area contributed by atoms with Crippen LogP contribution in [-0.4, -0.2) is 51.2 Å². The van der Waals surface area contributed by atoms with Crippen LogP contribution in [0.4, 0.5) is 0 Å². The number of rotatable bonds is 11.